The third kappa shape index (κ3) is 4.48. The van der Waals surface area contributed by atoms with Gasteiger partial charge in [0.15, 0.2) is 0 Å². The molecule has 2 aliphatic rings. The first-order valence-electron chi connectivity index (χ1n) is 9.22. The van der Waals surface area contributed by atoms with E-state index in [0.717, 1.165) is 18.5 Å². The van der Waals surface area contributed by atoms with Crippen LogP contribution in [0.3, 0.4) is 0 Å². The van der Waals surface area contributed by atoms with Crippen molar-refractivity contribution in [1.82, 2.24) is 9.80 Å². The first-order valence-corrected chi connectivity index (χ1v) is 9.59. The summed E-state index contributed by atoms with van der Waals surface area (Å²) in [5.74, 6) is 0.379. The lowest BCUT2D eigenvalue weighted by Crippen LogP contribution is -2.56. The first-order chi connectivity index (χ1) is 12.6. The molecule has 2 amide bonds. The predicted octanol–water partition coefficient (Wildman–Crippen LogP) is 3.22. The maximum atomic E-state index is 13.1. The Labute approximate surface area is 159 Å². The SMILES string of the molecule is COC(=O)N1CCN(C(C(=O)Nc2cccc(Cl)c2)C2CCCC2)CC1. The smallest absolute Gasteiger partial charge is 0.409 e. The van der Waals surface area contributed by atoms with Crippen LogP contribution in [0.25, 0.3) is 0 Å². The third-order valence-electron chi connectivity index (χ3n) is 5.35. The summed E-state index contributed by atoms with van der Waals surface area (Å²) in [4.78, 5) is 28.7. The van der Waals surface area contributed by atoms with E-state index < -0.39 is 0 Å². The van der Waals surface area contributed by atoms with Crippen LogP contribution in [0, 0.1) is 5.92 Å². The largest absolute Gasteiger partial charge is 0.453 e. The first kappa shape index (κ1) is 19.0. The van der Waals surface area contributed by atoms with E-state index >= 15 is 0 Å². The van der Waals surface area contributed by atoms with Crippen molar-refractivity contribution in [1.29, 1.82) is 0 Å². The molecule has 1 heterocycles. The molecule has 1 atom stereocenters. The number of carbonyl (C=O) groups is 2. The predicted molar refractivity (Wildman–Crippen MR) is 101 cm³/mol. The Morgan fingerprint density at radius 1 is 1.19 bits per heavy atom. The number of nitrogens with one attached hydrogen (secondary N) is 1. The summed E-state index contributed by atoms with van der Waals surface area (Å²) in [5.41, 5.74) is 0.721. The Hall–Kier alpha value is -1.79. The van der Waals surface area contributed by atoms with Crippen LogP contribution in [0.5, 0.6) is 0 Å². The van der Waals surface area contributed by atoms with Crippen LogP contribution in [0.4, 0.5) is 10.5 Å². The molecule has 1 unspecified atom stereocenters. The molecule has 0 spiro atoms. The lowest BCUT2D eigenvalue weighted by molar-refractivity contribution is -0.124. The van der Waals surface area contributed by atoms with Crippen molar-refractivity contribution in [2.75, 3.05) is 38.6 Å². The monoisotopic (exact) mass is 379 g/mol. The van der Waals surface area contributed by atoms with Gasteiger partial charge in [-0.05, 0) is 37.0 Å². The number of rotatable bonds is 4. The van der Waals surface area contributed by atoms with Crippen molar-refractivity contribution in [2.45, 2.75) is 31.7 Å². The van der Waals surface area contributed by atoms with Gasteiger partial charge in [0.05, 0.1) is 13.2 Å². The second-order valence-corrected chi connectivity index (χ2v) is 7.42. The number of halogens is 1. The molecule has 1 saturated heterocycles. The van der Waals surface area contributed by atoms with Gasteiger partial charge in [0.25, 0.3) is 0 Å². The average molecular weight is 380 g/mol. The van der Waals surface area contributed by atoms with Crippen LogP contribution >= 0.6 is 11.6 Å². The van der Waals surface area contributed by atoms with Crippen LogP contribution in [0.15, 0.2) is 24.3 Å². The number of amides is 2. The average Bonchev–Trinajstić information content (AvgIpc) is 3.16. The molecule has 1 aromatic carbocycles. The fourth-order valence-electron chi connectivity index (χ4n) is 4.05. The molecule has 1 aliphatic heterocycles. The highest BCUT2D eigenvalue weighted by Gasteiger charge is 2.37. The molecule has 1 aliphatic carbocycles. The molecule has 1 aromatic rings. The highest BCUT2D eigenvalue weighted by Crippen LogP contribution is 2.32. The summed E-state index contributed by atoms with van der Waals surface area (Å²) in [6.07, 6.45) is 4.20. The van der Waals surface area contributed by atoms with Crippen molar-refractivity contribution in [3.63, 3.8) is 0 Å². The molecule has 0 bridgehead atoms. The third-order valence-corrected chi connectivity index (χ3v) is 5.58. The molecule has 3 rings (SSSR count). The second-order valence-electron chi connectivity index (χ2n) is 6.98. The van der Waals surface area contributed by atoms with Gasteiger partial charge < -0.3 is 15.0 Å². The Bertz CT molecular complexity index is 641. The van der Waals surface area contributed by atoms with Crippen LogP contribution in [0.2, 0.25) is 5.02 Å². The van der Waals surface area contributed by atoms with E-state index in [9.17, 15) is 9.59 Å². The zero-order valence-electron chi connectivity index (χ0n) is 15.1. The van der Waals surface area contributed by atoms with Crippen molar-refractivity contribution in [2.24, 2.45) is 5.92 Å². The van der Waals surface area contributed by atoms with Crippen LogP contribution in [0.1, 0.15) is 25.7 Å². The van der Waals surface area contributed by atoms with Crippen molar-refractivity contribution in [3.05, 3.63) is 29.3 Å². The fourth-order valence-corrected chi connectivity index (χ4v) is 4.24. The zero-order valence-corrected chi connectivity index (χ0v) is 15.9. The van der Waals surface area contributed by atoms with Crippen molar-refractivity contribution >= 4 is 29.3 Å². The van der Waals surface area contributed by atoms with Crippen molar-refractivity contribution < 1.29 is 14.3 Å². The molecule has 142 valence electrons. The molecular weight excluding hydrogens is 354 g/mol. The van der Waals surface area contributed by atoms with Gasteiger partial charge in [-0.1, -0.05) is 30.5 Å². The van der Waals surface area contributed by atoms with Gasteiger partial charge >= 0.3 is 6.09 Å². The van der Waals surface area contributed by atoms with Crippen molar-refractivity contribution in [3.8, 4) is 0 Å². The van der Waals surface area contributed by atoms with Gasteiger partial charge in [0.2, 0.25) is 5.91 Å². The number of piperazine rings is 1. The van der Waals surface area contributed by atoms with Gasteiger partial charge in [-0.15, -0.1) is 0 Å². The summed E-state index contributed by atoms with van der Waals surface area (Å²) in [6, 6.07) is 7.07. The van der Waals surface area contributed by atoms with E-state index in [-0.39, 0.29) is 18.0 Å². The standard InChI is InChI=1S/C19H26ClN3O3/c1-26-19(25)23-11-9-22(10-12-23)17(14-5-2-3-6-14)18(24)21-16-8-4-7-15(20)13-16/h4,7-8,13-14,17H,2-3,5-6,9-12H2,1H3,(H,21,24). The fraction of sp³-hybridized carbons (Fsp3) is 0.579. The van der Waals surface area contributed by atoms with E-state index in [1.165, 1.54) is 20.0 Å². The molecule has 0 radical (unpaired) electrons. The highest BCUT2D eigenvalue weighted by molar-refractivity contribution is 6.30. The number of ether oxygens (including phenoxy) is 1. The summed E-state index contributed by atoms with van der Waals surface area (Å²) < 4.78 is 4.80. The van der Waals surface area contributed by atoms with E-state index in [1.54, 1.807) is 17.0 Å². The normalized spacial score (nSPS) is 20.0. The Balaban J connectivity index is 1.69. The summed E-state index contributed by atoms with van der Waals surface area (Å²) in [6.45, 7) is 2.53. The Morgan fingerprint density at radius 3 is 2.50 bits per heavy atom. The molecule has 1 N–H and O–H groups in total. The molecule has 2 fully saturated rings. The van der Waals surface area contributed by atoms with Gasteiger partial charge in [-0.2, -0.15) is 0 Å². The summed E-state index contributed by atoms with van der Waals surface area (Å²) in [5, 5.41) is 3.64. The van der Waals surface area contributed by atoms with E-state index in [0.29, 0.717) is 37.1 Å². The molecule has 1 saturated carbocycles. The van der Waals surface area contributed by atoms with Gasteiger partial charge in [-0.25, -0.2) is 4.79 Å². The number of methoxy groups -OCH3 is 1. The highest BCUT2D eigenvalue weighted by atomic mass is 35.5. The molecule has 6 nitrogen and oxygen atoms in total. The van der Waals surface area contributed by atoms with Gasteiger partial charge in [0, 0.05) is 36.9 Å². The number of hydrogen-bond acceptors (Lipinski definition) is 4. The molecule has 26 heavy (non-hydrogen) atoms. The van der Waals surface area contributed by atoms with Crippen LogP contribution in [-0.2, 0) is 9.53 Å². The Morgan fingerprint density at radius 2 is 1.88 bits per heavy atom. The number of benzene rings is 1. The van der Waals surface area contributed by atoms with Crippen LogP contribution in [-0.4, -0.2) is 61.1 Å². The van der Waals surface area contributed by atoms with E-state index in [2.05, 4.69) is 10.2 Å². The summed E-state index contributed by atoms with van der Waals surface area (Å²) in [7, 11) is 1.40. The minimum atomic E-state index is -0.301. The number of anilines is 1. The van der Waals surface area contributed by atoms with E-state index in [4.69, 9.17) is 16.3 Å². The second kappa shape index (κ2) is 8.73. The quantitative estimate of drug-likeness (QED) is 0.872. The molecular formula is C19H26ClN3O3. The number of hydrogen-bond donors (Lipinski definition) is 1. The van der Waals surface area contributed by atoms with E-state index in [1.807, 2.05) is 12.1 Å². The minimum Gasteiger partial charge on any atom is -0.453 e. The van der Waals surface area contributed by atoms with Gasteiger partial charge in [-0.3, -0.25) is 9.69 Å². The molecule has 0 aromatic heterocycles. The lowest BCUT2D eigenvalue weighted by atomic mass is 9.95. The van der Waals surface area contributed by atoms with Crippen LogP contribution < -0.4 is 5.32 Å². The van der Waals surface area contributed by atoms with Gasteiger partial charge in [0.1, 0.15) is 0 Å². The minimum absolute atomic E-state index is 0.0192. The lowest BCUT2D eigenvalue weighted by Gasteiger charge is -2.40. The maximum absolute atomic E-state index is 13.1. The zero-order chi connectivity index (χ0) is 18.5. The Kier molecular flexibility index (Phi) is 6.38. The number of nitrogens with zero attached hydrogens (tertiary/aromatic N) is 2. The topological polar surface area (TPSA) is 61.9 Å². The molecule has 7 heteroatoms. The maximum Gasteiger partial charge on any atom is 0.409 e. The number of carbonyl (C=O) groups excluding carboxylic acids is 2. The summed E-state index contributed by atoms with van der Waals surface area (Å²) >= 11 is 6.03.